The highest BCUT2D eigenvalue weighted by Gasteiger charge is 2.28. The molecule has 0 fully saturated rings. The summed E-state index contributed by atoms with van der Waals surface area (Å²) in [7, 11) is 1.16. The fourth-order valence-corrected chi connectivity index (χ4v) is 3.15. The number of anilines is 1. The average molecular weight is 282 g/mol. The van der Waals surface area contributed by atoms with E-state index in [1.165, 1.54) is 11.1 Å². The molecule has 1 heterocycles. The van der Waals surface area contributed by atoms with E-state index in [1.54, 1.807) is 0 Å². The van der Waals surface area contributed by atoms with E-state index in [0.29, 0.717) is 18.8 Å². The molecule has 1 amide bonds. The standard InChI is InChI=1S/C16H18N2OSi/c17-15-6-2-5-13-14(15)9-18(16(13)19)8-11-3-1-4-12(7-11)10-20/h1-7H,8-10,17H2,20H3. The summed E-state index contributed by atoms with van der Waals surface area (Å²) in [5, 5.41) is 0. The number of carbonyl (C=O) groups excluding carboxylic acids is 1. The van der Waals surface area contributed by atoms with Gasteiger partial charge in [0.2, 0.25) is 0 Å². The Hall–Kier alpha value is -2.07. The van der Waals surface area contributed by atoms with E-state index in [4.69, 9.17) is 5.73 Å². The summed E-state index contributed by atoms with van der Waals surface area (Å²) in [5.41, 5.74) is 11.0. The van der Waals surface area contributed by atoms with Crippen LogP contribution in [0.5, 0.6) is 0 Å². The molecule has 2 aromatic carbocycles. The summed E-state index contributed by atoms with van der Waals surface area (Å²) in [6.07, 6.45) is 0. The summed E-state index contributed by atoms with van der Waals surface area (Å²) in [6, 6.07) is 15.2. The molecule has 1 aliphatic heterocycles. The molecule has 0 aromatic heterocycles. The van der Waals surface area contributed by atoms with Gasteiger partial charge in [0.25, 0.3) is 5.91 Å². The number of benzene rings is 2. The first-order valence-electron chi connectivity index (χ1n) is 6.93. The third-order valence-corrected chi connectivity index (χ3v) is 4.67. The molecular weight excluding hydrogens is 264 g/mol. The number of hydrogen-bond acceptors (Lipinski definition) is 2. The number of fused-ring (bicyclic) bond motifs is 1. The number of hydrogen-bond donors (Lipinski definition) is 1. The van der Waals surface area contributed by atoms with Crippen LogP contribution in [0.2, 0.25) is 0 Å². The molecule has 1 aliphatic rings. The second-order valence-electron chi connectivity index (χ2n) is 5.21. The van der Waals surface area contributed by atoms with Crippen LogP contribution < -0.4 is 5.73 Å². The largest absolute Gasteiger partial charge is 0.398 e. The monoisotopic (exact) mass is 282 g/mol. The first kappa shape index (κ1) is 12.9. The molecule has 0 saturated carbocycles. The molecule has 4 heteroatoms. The van der Waals surface area contributed by atoms with E-state index in [1.807, 2.05) is 23.1 Å². The van der Waals surface area contributed by atoms with Crippen molar-refractivity contribution >= 4 is 21.8 Å². The Labute approximate surface area is 121 Å². The van der Waals surface area contributed by atoms with Crippen LogP contribution in [0.25, 0.3) is 0 Å². The molecule has 102 valence electrons. The first-order chi connectivity index (χ1) is 9.69. The Morgan fingerprint density at radius 2 is 1.90 bits per heavy atom. The summed E-state index contributed by atoms with van der Waals surface area (Å²) >= 11 is 0. The maximum Gasteiger partial charge on any atom is 0.254 e. The van der Waals surface area contributed by atoms with Crippen LogP contribution in [0, 0.1) is 0 Å². The van der Waals surface area contributed by atoms with Crippen molar-refractivity contribution in [3.63, 3.8) is 0 Å². The van der Waals surface area contributed by atoms with Crippen LogP contribution in [0.3, 0.4) is 0 Å². The van der Waals surface area contributed by atoms with Crippen molar-refractivity contribution in [3.8, 4) is 0 Å². The maximum atomic E-state index is 12.4. The van der Waals surface area contributed by atoms with Gasteiger partial charge in [0.15, 0.2) is 0 Å². The summed E-state index contributed by atoms with van der Waals surface area (Å²) < 4.78 is 0. The Bertz CT molecular complexity index is 669. The van der Waals surface area contributed by atoms with Gasteiger partial charge in [-0.05, 0) is 23.7 Å². The van der Waals surface area contributed by atoms with E-state index in [9.17, 15) is 4.79 Å². The lowest BCUT2D eigenvalue weighted by atomic mass is 10.1. The second-order valence-corrected chi connectivity index (χ2v) is 5.92. The molecule has 0 unspecified atom stereocenters. The Balaban J connectivity index is 1.84. The third-order valence-electron chi connectivity index (χ3n) is 3.85. The molecule has 2 aromatic rings. The number of nitrogen functional groups attached to an aromatic ring is 1. The highest BCUT2D eigenvalue weighted by molar-refractivity contribution is 6.08. The van der Waals surface area contributed by atoms with Gasteiger partial charge in [0.05, 0.1) is 0 Å². The topological polar surface area (TPSA) is 46.3 Å². The van der Waals surface area contributed by atoms with E-state index >= 15 is 0 Å². The molecule has 0 saturated heterocycles. The van der Waals surface area contributed by atoms with Crippen LogP contribution in [0.4, 0.5) is 5.69 Å². The zero-order chi connectivity index (χ0) is 14.1. The summed E-state index contributed by atoms with van der Waals surface area (Å²) in [4.78, 5) is 14.3. The lowest BCUT2D eigenvalue weighted by molar-refractivity contribution is 0.0767. The fourth-order valence-electron chi connectivity index (χ4n) is 2.71. The molecular formula is C16H18N2OSi. The van der Waals surface area contributed by atoms with Gasteiger partial charge in [-0.15, -0.1) is 0 Å². The predicted octanol–water partition coefficient (Wildman–Crippen LogP) is 1.29. The highest BCUT2D eigenvalue weighted by Crippen LogP contribution is 2.28. The van der Waals surface area contributed by atoms with Gasteiger partial charge in [-0.1, -0.05) is 35.9 Å². The smallest absolute Gasteiger partial charge is 0.254 e. The summed E-state index contributed by atoms with van der Waals surface area (Å²) in [6.45, 7) is 1.27. The molecule has 2 N–H and O–H groups in total. The van der Waals surface area contributed by atoms with Crippen molar-refractivity contribution in [1.82, 2.24) is 4.90 Å². The lowest BCUT2D eigenvalue weighted by Crippen LogP contribution is -2.23. The van der Waals surface area contributed by atoms with Crippen molar-refractivity contribution in [2.45, 2.75) is 19.1 Å². The Kier molecular flexibility index (Phi) is 3.32. The first-order valence-corrected chi connectivity index (χ1v) is 8.35. The Morgan fingerprint density at radius 1 is 1.15 bits per heavy atom. The average Bonchev–Trinajstić information content (AvgIpc) is 2.78. The highest BCUT2D eigenvalue weighted by atomic mass is 28.1. The fraction of sp³-hybridized carbons (Fsp3) is 0.188. The zero-order valence-corrected chi connectivity index (χ0v) is 13.6. The molecule has 0 radical (unpaired) electrons. The van der Waals surface area contributed by atoms with Crippen molar-refractivity contribution in [1.29, 1.82) is 0 Å². The lowest BCUT2D eigenvalue weighted by Gasteiger charge is -2.16. The minimum atomic E-state index is 0.0866. The van der Waals surface area contributed by atoms with Crippen LogP contribution in [0.1, 0.15) is 27.0 Å². The van der Waals surface area contributed by atoms with E-state index < -0.39 is 0 Å². The number of nitrogens with two attached hydrogens (primary N) is 1. The third kappa shape index (κ3) is 2.23. The molecule has 0 atom stereocenters. The van der Waals surface area contributed by atoms with Gasteiger partial charge in [0.1, 0.15) is 0 Å². The van der Waals surface area contributed by atoms with Crippen molar-refractivity contribution in [3.05, 3.63) is 64.7 Å². The SMILES string of the molecule is Nc1cccc2c1CN(Cc1cccc(C[SiH3])c1)C2=O. The predicted molar refractivity (Wildman–Crippen MR) is 84.5 cm³/mol. The number of rotatable bonds is 3. The molecule has 0 aliphatic carbocycles. The van der Waals surface area contributed by atoms with E-state index in [0.717, 1.165) is 27.4 Å². The van der Waals surface area contributed by atoms with Crippen molar-refractivity contribution < 1.29 is 4.79 Å². The normalized spacial score (nSPS) is 13.8. The Morgan fingerprint density at radius 3 is 2.65 bits per heavy atom. The second kappa shape index (κ2) is 5.13. The van der Waals surface area contributed by atoms with Gasteiger partial charge in [-0.2, -0.15) is 0 Å². The molecule has 0 spiro atoms. The van der Waals surface area contributed by atoms with Crippen LogP contribution >= 0.6 is 0 Å². The van der Waals surface area contributed by atoms with Gasteiger partial charge in [-0.25, -0.2) is 0 Å². The molecule has 3 rings (SSSR count). The number of amides is 1. The van der Waals surface area contributed by atoms with Crippen LogP contribution in [-0.2, 0) is 19.1 Å². The zero-order valence-electron chi connectivity index (χ0n) is 11.6. The quantitative estimate of drug-likeness (QED) is 0.681. The molecule has 3 nitrogen and oxygen atoms in total. The summed E-state index contributed by atoms with van der Waals surface area (Å²) in [5.74, 6) is 0.0866. The van der Waals surface area contributed by atoms with Gasteiger partial charge in [0, 0.05) is 40.1 Å². The van der Waals surface area contributed by atoms with Gasteiger partial charge < -0.3 is 10.6 Å². The molecule has 20 heavy (non-hydrogen) atoms. The van der Waals surface area contributed by atoms with E-state index in [-0.39, 0.29) is 5.91 Å². The minimum absolute atomic E-state index is 0.0866. The van der Waals surface area contributed by atoms with Gasteiger partial charge >= 0.3 is 0 Å². The minimum Gasteiger partial charge on any atom is -0.398 e. The number of nitrogens with zero attached hydrogens (tertiary/aromatic N) is 1. The van der Waals surface area contributed by atoms with Crippen molar-refractivity contribution in [2.24, 2.45) is 0 Å². The molecule has 0 bridgehead atoms. The van der Waals surface area contributed by atoms with Crippen LogP contribution in [0.15, 0.2) is 42.5 Å². The van der Waals surface area contributed by atoms with E-state index in [2.05, 4.69) is 24.3 Å². The van der Waals surface area contributed by atoms with Gasteiger partial charge in [-0.3, -0.25) is 4.79 Å². The van der Waals surface area contributed by atoms with Crippen LogP contribution in [-0.4, -0.2) is 21.0 Å². The maximum absolute atomic E-state index is 12.4. The number of carbonyl (C=O) groups is 1. The van der Waals surface area contributed by atoms with Crippen molar-refractivity contribution in [2.75, 3.05) is 5.73 Å².